The van der Waals surface area contributed by atoms with Crippen LogP contribution in [0.3, 0.4) is 0 Å². The van der Waals surface area contributed by atoms with E-state index in [0.717, 1.165) is 0 Å². The molecular weight excluding hydrogens is 360 g/mol. The minimum atomic E-state index is -0.628. The first-order chi connectivity index (χ1) is 12.5. The maximum atomic E-state index is 12.2. The van der Waals surface area contributed by atoms with Crippen LogP contribution >= 0.6 is 11.8 Å². The summed E-state index contributed by atoms with van der Waals surface area (Å²) in [4.78, 5) is 35.7. The molecule has 0 aliphatic rings. The first kappa shape index (κ1) is 19.4. The number of aromatic nitrogens is 3. The number of rotatable bonds is 7. The Labute approximate surface area is 154 Å². The lowest BCUT2D eigenvalue weighted by atomic mass is 10.1. The van der Waals surface area contributed by atoms with Crippen molar-refractivity contribution in [3.63, 3.8) is 0 Å². The zero-order valence-corrected chi connectivity index (χ0v) is 15.3. The van der Waals surface area contributed by atoms with Crippen LogP contribution in [0.15, 0.2) is 29.7 Å². The van der Waals surface area contributed by atoms with E-state index in [2.05, 4.69) is 25.0 Å². The molecule has 0 atom stereocenters. The highest BCUT2D eigenvalue weighted by Gasteiger charge is 2.15. The molecule has 0 saturated carbocycles. The molecule has 0 bridgehead atoms. The first-order valence-electron chi connectivity index (χ1n) is 7.60. The summed E-state index contributed by atoms with van der Waals surface area (Å²) in [5.41, 5.74) is 0.545. The van der Waals surface area contributed by atoms with Gasteiger partial charge in [0.1, 0.15) is 6.33 Å². The predicted molar refractivity (Wildman–Crippen MR) is 94.2 cm³/mol. The van der Waals surface area contributed by atoms with Gasteiger partial charge >= 0.3 is 11.9 Å². The highest BCUT2D eigenvalue weighted by Crippen LogP contribution is 2.19. The van der Waals surface area contributed by atoms with Crippen molar-refractivity contribution in [3.05, 3.63) is 35.7 Å². The number of nitrogens with zero attached hydrogens (tertiary/aromatic N) is 3. The number of esters is 2. The number of anilines is 1. The van der Waals surface area contributed by atoms with E-state index < -0.39 is 11.9 Å². The number of thioether (sulfide) groups is 1. The lowest BCUT2D eigenvalue weighted by molar-refractivity contribution is -0.113. The molecule has 1 N–H and O–H groups in total. The molecule has 9 nitrogen and oxygen atoms in total. The second kappa shape index (κ2) is 8.99. The zero-order valence-electron chi connectivity index (χ0n) is 14.5. The van der Waals surface area contributed by atoms with Gasteiger partial charge in [0.25, 0.3) is 0 Å². The van der Waals surface area contributed by atoms with Crippen molar-refractivity contribution in [1.29, 1.82) is 0 Å². The molecule has 10 heteroatoms. The smallest absolute Gasteiger partial charge is 0.337 e. The van der Waals surface area contributed by atoms with Crippen LogP contribution in [0.4, 0.5) is 5.69 Å². The predicted octanol–water partition coefficient (Wildman–Crippen LogP) is 1.60. The quantitative estimate of drug-likeness (QED) is 0.571. The minimum absolute atomic E-state index is 0.0920. The van der Waals surface area contributed by atoms with E-state index in [4.69, 9.17) is 0 Å². The van der Waals surface area contributed by atoms with E-state index in [1.165, 1.54) is 44.2 Å². The topological polar surface area (TPSA) is 112 Å². The van der Waals surface area contributed by atoms with Gasteiger partial charge in [0.2, 0.25) is 5.91 Å². The highest BCUT2D eigenvalue weighted by molar-refractivity contribution is 7.99. The van der Waals surface area contributed by atoms with Crippen LogP contribution in [0.1, 0.15) is 27.6 Å². The summed E-state index contributed by atoms with van der Waals surface area (Å²) in [7, 11) is 2.46. The number of benzene rings is 1. The largest absolute Gasteiger partial charge is 0.465 e. The molecule has 0 radical (unpaired) electrons. The average molecular weight is 378 g/mol. The van der Waals surface area contributed by atoms with Crippen molar-refractivity contribution in [1.82, 2.24) is 14.8 Å². The Morgan fingerprint density at radius 3 is 2.27 bits per heavy atom. The minimum Gasteiger partial charge on any atom is -0.465 e. The molecule has 1 heterocycles. The van der Waals surface area contributed by atoms with E-state index in [9.17, 15) is 14.4 Å². The van der Waals surface area contributed by atoms with Gasteiger partial charge in [-0.25, -0.2) is 9.59 Å². The van der Waals surface area contributed by atoms with E-state index in [1.807, 2.05) is 11.5 Å². The van der Waals surface area contributed by atoms with Gasteiger partial charge in [0.05, 0.1) is 31.1 Å². The third kappa shape index (κ3) is 4.82. The molecule has 0 unspecified atom stereocenters. The summed E-state index contributed by atoms with van der Waals surface area (Å²) in [6, 6.07) is 4.19. The summed E-state index contributed by atoms with van der Waals surface area (Å²) in [6.45, 7) is 2.64. The first-order valence-corrected chi connectivity index (χ1v) is 8.59. The second-order valence-electron chi connectivity index (χ2n) is 5.02. The number of nitrogens with one attached hydrogen (secondary N) is 1. The van der Waals surface area contributed by atoms with E-state index in [0.29, 0.717) is 11.7 Å². The maximum Gasteiger partial charge on any atom is 0.337 e. The number of carbonyl (C=O) groups is 3. The maximum absolute atomic E-state index is 12.2. The number of carbonyl (C=O) groups excluding carboxylic acids is 3. The molecule has 0 fully saturated rings. The molecule has 0 aliphatic carbocycles. The Bertz CT molecular complexity index is 786. The van der Waals surface area contributed by atoms with Gasteiger partial charge in [-0.05, 0) is 25.1 Å². The Morgan fingerprint density at radius 1 is 1.12 bits per heavy atom. The van der Waals surface area contributed by atoms with Gasteiger partial charge in [0.15, 0.2) is 5.16 Å². The molecule has 2 aromatic rings. The fourth-order valence-electron chi connectivity index (χ4n) is 2.07. The third-order valence-electron chi connectivity index (χ3n) is 3.31. The van der Waals surface area contributed by atoms with Crippen LogP contribution < -0.4 is 5.32 Å². The molecule has 0 saturated heterocycles. The molecule has 1 amide bonds. The van der Waals surface area contributed by atoms with Crippen LogP contribution in [-0.2, 0) is 20.8 Å². The van der Waals surface area contributed by atoms with E-state index >= 15 is 0 Å². The number of ether oxygens (including phenoxy) is 2. The van der Waals surface area contributed by atoms with Gasteiger partial charge in [-0.1, -0.05) is 11.8 Å². The number of methoxy groups -OCH3 is 2. The summed E-state index contributed by atoms with van der Waals surface area (Å²) in [5, 5.41) is 11.0. The standard InChI is InChI=1S/C16H18N4O5S/c1-4-20-9-17-19-16(20)26-8-13(21)18-12-6-10(14(22)24-2)5-11(7-12)15(23)25-3/h5-7,9H,4,8H2,1-3H3,(H,18,21). The summed E-state index contributed by atoms with van der Waals surface area (Å²) in [6.07, 6.45) is 1.59. The zero-order chi connectivity index (χ0) is 19.1. The van der Waals surface area contributed by atoms with Crippen LogP contribution in [0.2, 0.25) is 0 Å². The average Bonchev–Trinajstić information content (AvgIpc) is 3.12. The van der Waals surface area contributed by atoms with Gasteiger partial charge in [-0.3, -0.25) is 4.79 Å². The fourth-order valence-corrected chi connectivity index (χ4v) is 2.85. The van der Waals surface area contributed by atoms with Gasteiger partial charge in [-0.2, -0.15) is 0 Å². The fraction of sp³-hybridized carbons (Fsp3) is 0.312. The van der Waals surface area contributed by atoms with Crippen molar-refractivity contribution in [2.24, 2.45) is 0 Å². The van der Waals surface area contributed by atoms with Crippen molar-refractivity contribution in [3.8, 4) is 0 Å². The van der Waals surface area contributed by atoms with Crippen molar-refractivity contribution in [2.45, 2.75) is 18.6 Å². The van der Waals surface area contributed by atoms with Gasteiger partial charge in [0, 0.05) is 12.2 Å². The monoisotopic (exact) mass is 378 g/mol. The van der Waals surface area contributed by atoms with Crippen LogP contribution in [0.25, 0.3) is 0 Å². The second-order valence-corrected chi connectivity index (χ2v) is 5.96. The van der Waals surface area contributed by atoms with Gasteiger partial charge < -0.3 is 19.4 Å². The third-order valence-corrected chi connectivity index (χ3v) is 4.29. The Hall–Kier alpha value is -2.88. The number of aryl methyl sites for hydroxylation is 1. The summed E-state index contributed by atoms with van der Waals surface area (Å²) >= 11 is 1.23. The van der Waals surface area contributed by atoms with Crippen molar-refractivity contribution in [2.75, 3.05) is 25.3 Å². The van der Waals surface area contributed by atoms with E-state index in [1.54, 1.807) is 6.33 Å². The normalized spacial score (nSPS) is 10.3. The highest BCUT2D eigenvalue weighted by atomic mass is 32.2. The molecule has 0 spiro atoms. The molecule has 2 rings (SSSR count). The molecule has 0 aliphatic heterocycles. The van der Waals surface area contributed by atoms with Crippen molar-refractivity contribution < 1.29 is 23.9 Å². The molecule has 138 valence electrons. The van der Waals surface area contributed by atoms with Gasteiger partial charge in [-0.15, -0.1) is 10.2 Å². The van der Waals surface area contributed by atoms with E-state index in [-0.39, 0.29) is 28.5 Å². The Balaban J connectivity index is 2.12. The van der Waals surface area contributed by atoms with Crippen LogP contribution in [-0.4, -0.2) is 52.6 Å². The van der Waals surface area contributed by atoms with Crippen LogP contribution in [0, 0.1) is 0 Å². The Kier molecular flexibility index (Phi) is 6.73. The Morgan fingerprint density at radius 2 is 1.73 bits per heavy atom. The SMILES string of the molecule is CCn1cnnc1SCC(=O)Nc1cc(C(=O)OC)cc(C(=O)OC)c1. The molecular formula is C16H18N4O5S. The number of amides is 1. The molecule has 26 heavy (non-hydrogen) atoms. The number of hydrogen-bond donors (Lipinski definition) is 1. The molecule has 1 aromatic carbocycles. The lowest BCUT2D eigenvalue weighted by Crippen LogP contribution is -2.16. The summed E-state index contributed by atoms with van der Waals surface area (Å²) in [5.74, 6) is -1.49. The van der Waals surface area contributed by atoms with Crippen LogP contribution in [0.5, 0.6) is 0 Å². The number of hydrogen-bond acceptors (Lipinski definition) is 8. The summed E-state index contributed by atoms with van der Waals surface area (Å²) < 4.78 is 11.1. The molecule has 1 aromatic heterocycles. The van der Waals surface area contributed by atoms with Crippen molar-refractivity contribution >= 4 is 35.3 Å². The lowest BCUT2D eigenvalue weighted by Gasteiger charge is -2.09.